The molecule has 1 atom stereocenters. The first-order valence-electron chi connectivity index (χ1n) is 10.3. The molecular formula is C22H33ClN2O3. The number of hydrogen-bond donors (Lipinski definition) is 2. The highest BCUT2D eigenvalue weighted by Crippen LogP contribution is 2.61. The van der Waals surface area contributed by atoms with E-state index in [4.69, 9.17) is 15.2 Å². The van der Waals surface area contributed by atoms with E-state index in [1.807, 2.05) is 18.2 Å². The molecule has 3 N–H and O–H groups in total. The number of ether oxygens (including phenoxy) is 2. The standard InChI is InChI=1S/C22H32N2O3.ClH/c1-14(22-9-16-5-17(10-22)7-18(6-16)11-22)24-12-15-3-4-19(20(8-15)26-2)27-13-21(23)25;/h3-4,8,14,16-18,24H,5-7,9-13H2,1-2H3,(H2,23,25);1H. The van der Waals surface area contributed by atoms with Crippen molar-refractivity contribution >= 4 is 18.3 Å². The molecule has 0 radical (unpaired) electrons. The molecule has 4 fully saturated rings. The smallest absolute Gasteiger partial charge is 0.255 e. The summed E-state index contributed by atoms with van der Waals surface area (Å²) < 4.78 is 10.8. The number of carbonyl (C=O) groups excluding carboxylic acids is 1. The van der Waals surface area contributed by atoms with Crippen molar-refractivity contribution in [3.63, 3.8) is 0 Å². The van der Waals surface area contributed by atoms with Gasteiger partial charge in [0, 0.05) is 12.6 Å². The molecule has 0 aromatic heterocycles. The predicted molar refractivity (Wildman–Crippen MR) is 112 cm³/mol. The first kappa shape index (κ1) is 21.3. The number of hydrogen-bond acceptors (Lipinski definition) is 4. The van der Waals surface area contributed by atoms with Gasteiger partial charge in [0.15, 0.2) is 18.1 Å². The lowest BCUT2D eigenvalue weighted by Crippen LogP contribution is -2.54. The third-order valence-electron chi connectivity index (χ3n) is 7.21. The average molecular weight is 409 g/mol. The van der Waals surface area contributed by atoms with Gasteiger partial charge in [-0.2, -0.15) is 0 Å². The van der Waals surface area contributed by atoms with E-state index in [9.17, 15) is 4.79 Å². The molecule has 156 valence electrons. The third-order valence-corrected chi connectivity index (χ3v) is 7.21. The van der Waals surface area contributed by atoms with Gasteiger partial charge < -0.3 is 20.5 Å². The van der Waals surface area contributed by atoms with E-state index in [-0.39, 0.29) is 19.0 Å². The van der Waals surface area contributed by atoms with E-state index in [0.29, 0.717) is 23.0 Å². The van der Waals surface area contributed by atoms with Crippen molar-refractivity contribution < 1.29 is 14.3 Å². The molecule has 0 heterocycles. The van der Waals surface area contributed by atoms with Crippen LogP contribution in [0.25, 0.3) is 0 Å². The van der Waals surface area contributed by atoms with Crippen molar-refractivity contribution in [3.05, 3.63) is 23.8 Å². The van der Waals surface area contributed by atoms with E-state index < -0.39 is 5.91 Å². The van der Waals surface area contributed by atoms with E-state index in [2.05, 4.69) is 12.2 Å². The Labute approximate surface area is 174 Å². The first-order valence-corrected chi connectivity index (χ1v) is 10.3. The second-order valence-electron chi connectivity index (χ2n) is 9.12. The van der Waals surface area contributed by atoms with Gasteiger partial charge in [-0.25, -0.2) is 0 Å². The molecule has 6 heteroatoms. The number of nitrogens with two attached hydrogens (primary N) is 1. The summed E-state index contributed by atoms with van der Waals surface area (Å²) in [4.78, 5) is 10.9. The Kier molecular flexibility index (Phi) is 6.45. The third kappa shape index (κ3) is 4.25. The SMILES string of the molecule is COc1cc(CNC(C)C23CC4CC(CC(C4)C2)C3)ccc1OCC(N)=O.Cl. The Balaban J connectivity index is 0.00000225. The van der Waals surface area contributed by atoms with E-state index in [1.54, 1.807) is 7.11 Å². The van der Waals surface area contributed by atoms with Crippen LogP contribution in [0.15, 0.2) is 18.2 Å². The van der Waals surface area contributed by atoms with Gasteiger partial charge in [-0.3, -0.25) is 4.79 Å². The Morgan fingerprint density at radius 2 is 1.79 bits per heavy atom. The number of amides is 1. The van der Waals surface area contributed by atoms with Crippen molar-refractivity contribution in [2.75, 3.05) is 13.7 Å². The second kappa shape index (κ2) is 8.50. The molecule has 5 nitrogen and oxygen atoms in total. The average Bonchev–Trinajstić information content (AvgIpc) is 2.63. The minimum absolute atomic E-state index is 0. The van der Waals surface area contributed by atoms with Crippen LogP contribution in [0, 0.1) is 23.2 Å². The fraction of sp³-hybridized carbons (Fsp3) is 0.682. The monoisotopic (exact) mass is 408 g/mol. The Morgan fingerprint density at radius 3 is 2.32 bits per heavy atom. The summed E-state index contributed by atoms with van der Waals surface area (Å²) in [7, 11) is 1.61. The van der Waals surface area contributed by atoms with Crippen molar-refractivity contribution in [1.82, 2.24) is 5.32 Å². The highest BCUT2D eigenvalue weighted by atomic mass is 35.5. The number of nitrogens with one attached hydrogen (secondary N) is 1. The topological polar surface area (TPSA) is 73.6 Å². The minimum Gasteiger partial charge on any atom is -0.493 e. The maximum Gasteiger partial charge on any atom is 0.255 e. The van der Waals surface area contributed by atoms with Crippen LogP contribution in [0.1, 0.15) is 51.0 Å². The fourth-order valence-electron chi connectivity index (χ4n) is 6.29. The van der Waals surface area contributed by atoms with Crippen LogP contribution in [0.5, 0.6) is 11.5 Å². The van der Waals surface area contributed by atoms with Crippen LogP contribution >= 0.6 is 12.4 Å². The molecule has 4 aliphatic rings. The quantitative estimate of drug-likeness (QED) is 0.688. The van der Waals surface area contributed by atoms with Crippen molar-refractivity contribution in [2.24, 2.45) is 28.9 Å². The maximum absolute atomic E-state index is 10.9. The molecule has 4 saturated carbocycles. The van der Waals surface area contributed by atoms with Gasteiger partial charge in [0.2, 0.25) is 0 Å². The lowest BCUT2D eigenvalue weighted by Gasteiger charge is -2.59. The number of halogens is 1. The van der Waals surface area contributed by atoms with Crippen molar-refractivity contribution in [3.8, 4) is 11.5 Å². The molecule has 4 aliphatic carbocycles. The highest BCUT2D eigenvalue weighted by molar-refractivity contribution is 5.85. The summed E-state index contributed by atoms with van der Waals surface area (Å²) in [5, 5.41) is 3.81. The molecule has 1 aromatic rings. The van der Waals surface area contributed by atoms with Crippen LogP contribution in [0.4, 0.5) is 0 Å². The molecule has 0 spiro atoms. The molecule has 0 aliphatic heterocycles. The Hall–Kier alpha value is -1.46. The molecule has 1 aromatic carbocycles. The minimum atomic E-state index is -0.493. The van der Waals surface area contributed by atoms with Gasteiger partial charge in [-0.05, 0) is 86.3 Å². The van der Waals surface area contributed by atoms with Gasteiger partial charge in [0.1, 0.15) is 0 Å². The van der Waals surface area contributed by atoms with E-state index in [1.165, 1.54) is 38.5 Å². The summed E-state index contributed by atoms with van der Waals surface area (Å²) >= 11 is 0. The van der Waals surface area contributed by atoms with Gasteiger partial charge in [0.05, 0.1) is 7.11 Å². The van der Waals surface area contributed by atoms with Gasteiger partial charge in [0.25, 0.3) is 5.91 Å². The number of benzene rings is 1. The zero-order chi connectivity index (χ0) is 19.0. The number of rotatable bonds is 8. The normalized spacial score (nSPS) is 31.1. The molecule has 0 saturated heterocycles. The summed E-state index contributed by atoms with van der Waals surface area (Å²) in [6.45, 7) is 3.06. The highest BCUT2D eigenvalue weighted by Gasteiger charge is 2.52. The van der Waals surface area contributed by atoms with Crippen LogP contribution in [-0.4, -0.2) is 25.7 Å². The second-order valence-corrected chi connectivity index (χ2v) is 9.12. The zero-order valence-electron chi connectivity index (χ0n) is 16.9. The van der Waals surface area contributed by atoms with Crippen molar-refractivity contribution in [1.29, 1.82) is 0 Å². The lowest BCUT2D eigenvalue weighted by molar-refractivity contribution is -0.119. The number of primary amides is 1. The molecular weight excluding hydrogens is 376 g/mol. The summed E-state index contributed by atoms with van der Waals surface area (Å²) in [5.41, 5.74) is 6.82. The summed E-state index contributed by atoms with van der Waals surface area (Å²) in [6, 6.07) is 6.39. The molecule has 28 heavy (non-hydrogen) atoms. The van der Waals surface area contributed by atoms with Gasteiger partial charge >= 0.3 is 0 Å². The zero-order valence-corrected chi connectivity index (χ0v) is 17.7. The molecule has 4 bridgehead atoms. The van der Waals surface area contributed by atoms with Crippen LogP contribution in [0.2, 0.25) is 0 Å². The number of carbonyl (C=O) groups is 1. The molecule has 1 amide bonds. The molecule has 5 rings (SSSR count). The van der Waals surface area contributed by atoms with E-state index >= 15 is 0 Å². The first-order chi connectivity index (χ1) is 13.0. The Bertz CT molecular complexity index is 674. The lowest BCUT2D eigenvalue weighted by atomic mass is 9.48. The van der Waals surface area contributed by atoms with Crippen LogP contribution < -0.4 is 20.5 Å². The predicted octanol–water partition coefficient (Wildman–Crippen LogP) is 3.68. The van der Waals surface area contributed by atoms with Gasteiger partial charge in [-0.15, -0.1) is 12.4 Å². The fourth-order valence-corrected chi connectivity index (χ4v) is 6.29. The summed E-state index contributed by atoms with van der Waals surface area (Å²) in [6.07, 6.45) is 8.69. The van der Waals surface area contributed by atoms with Crippen LogP contribution in [-0.2, 0) is 11.3 Å². The number of methoxy groups -OCH3 is 1. The van der Waals surface area contributed by atoms with Gasteiger partial charge in [-0.1, -0.05) is 6.07 Å². The van der Waals surface area contributed by atoms with Crippen LogP contribution in [0.3, 0.4) is 0 Å². The summed E-state index contributed by atoms with van der Waals surface area (Å²) in [5.74, 6) is 3.62. The van der Waals surface area contributed by atoms with E-state index in [0.717, 1.165) is 29.9 Å². The largest absolute Gasteiger partial charge is 0.493 e. The van der Waals surface area contributed by atoms with Crippen molar-refractivity contribution in [2.45, 2.75) is 58.0 Å². The maximum atomic E-state index is 10.9. The Morgan fingerprint density at radius 1 is 1.18 bits per heavy atom. The molecule has 1 unspecified atom stereocenters.